The maximum absolute atomic E-state index is 13.0. The summed E-state index contributed by atoms with van der Waals surface area (Å²) < 4.78 is 43.8. The van der Waals surface area contributed by atoms with Crippen molar-refractivity contribution < 1.29 is 23.0 Å². The summed E-state index contributed by atoms with van der Waals surface area (Å²) in [6.45, 7) is 1.46. The molecule has 0 saturated heterocycles. The third-order valence-corrected chi connectivity index (χ3v) is 2.77. The van der Waals surface area contributed by atoms with Crippen LogP contribution >= 0.6 is 0 Å². The molecule has 3 N–H and O–H groups in total. The number of halogens is 3. The van der Waals surface area contributed by atoms with Crippen molar-refractivity contribution in [1.29, 1.82) is 0 Å². The van der Waals surface area contributed by atoms with Crippen molar-refractivity contribution in [3.05, 3.63) is 24.0 Å². The molecule has 1 aromatic heterocycles. The molecule has 0 radical (unpaired) electrons. The Morgan fingerprint density at radius 3 is 2.39 bits per heavy atom. The van der Waals surface area contributed by atoms with Gasteiger partial charge in [0, 0.05) is 6.04 Å². The first-order valence-corrected chi connectivity index (χ1v) is 5.32. The molecule has 0 aliphatic carbocycles. The molecule has 0 bridgehead atoms. The molecule has 0 aliphatic rings. The van der Waals surface area contributed by atoms with E-state index in [1.807, 2.05) is 0 Å². The topological polar surface area (TPSA) is 68.4 Å². The normalized spacial score (nSPS) is 17.1. The fourth-order valence-corrected chi connectivity index (χ4v) is 1.57. The van der Waals surface area contributed by atoms with Crippen LogP contribution in [0.25, 0.3) is 0 Å². The van der Waals surface area contributed by atoms with E-state index in [0.717, 1.165) is 12.3 Å². The molecule has 1 rings (SSSR count). The van der Waals surface area contributed by atoms with Crippen molar-refractivity contribution in [2.24, 2.45) is 5.73 Å². The van der Waals surface area contributed by atoms with Crippen LogP contribution in [0.5, 0.6) is 5.75 Å². The second-order valence-corrected chi connectivity index (χ2v) is 3.86. The van der Waals surface area contributed by atoms with E-state index in [0.29, 0.717) is 5.75 Å². The van der Waals surface area contributed by atoms with Gasteiger partial charge in [-0.2, -0.15) is 13.2 Å². The van der Waals surface area contributed by atoms with Gasteiger partial charge in [-0.3, -0.25) is 4.98 Å². The molecular weight excluding hydrogens is 249 g/mol. The van der Waals surface area contributed by atoms with Crippen molar-refractivity contribution in [1.82, 2.24) is 4.98 Å². The van der Waals surface area contributed by atoms with Gasteiger partial charge in [-0.15, -0.1) is 0 Å². The van der Waals surface area contributed by atoms with Gasteiger partial charge in [0.25, 0.3) is 0 Å². The Labute approximate surface area is 103 Å². The molecule has 0 aromatic carbocycles. The van der Waals surface area contributed by atoms with Crippen LogP contribution in [0.4, 0.5) is 13.2 Å². The van der Waals surface area contributed by atoms with Gasteiger partial charge in [0.15, 0.2) is 0 Å². The predicted molar refractivity (Wildman–Crippen MR) is 59.0 cm³/mol. The molecule has 0 saturated carbocycles. The van der Waals surface area contributed by atoms with Crippen molar-refractivity contribution in [2.75, 3.05) is 7.11 Å². The molecule has 102 valence electrons. The van der Waals surface area contributed by atoms with E-state index >= 15 is 0 Å². The van der Waals surface area contributed by atoms with Gasteiger partial charge in [0.05, 0.1) is 19.0 Å². The fourth-order valence-electron chi connectivity index (χ4n) is 1.57. The first-order valence-electron chi connectivity index (χ1n) is 5.32. The highest BCUT2D eigenvalue weighted by Gasteiger charge is 2.59. The van der Waals surface area contributed by atoms with Crippen LogP contribution < -0.4 is 10.5 Å². The largest absolute Gasteiger partial charge is 0.495 e. The van der Waals surface area contributed by atoms with Gasteiger partial charge in [0.1, 0.15) is 5.75 Å². The number of nitrogens with two attached hydrogens (primary N) is 1. The van der Waals surface area contributed by atoms with E-state index in [9.17, 15) is 18.3 Å². The van der Waals surface area contributed by atoms with Gasteiger partial charge in [-0.1, -0.05) is 6.92 Å². The average molecular weight is 264 g/mol. The fraction of sp³-hybridized carbons (Fsp3) is 0.545. The van der Waals surface area contributed by atoms with E-state index < -0.39 is 23.5 Å². The maximum Gasteiger partial charge on any atom is 0.424 e. The van der Waals surface area contributed by atoms with Gasteiger partial charge < -0.3 is 15.6 Å². The summed E-state index contributed by atoms with van der Waals surface area (Å²) in [5.74, 6) is 0.299. The summed E-state index contributed by atoms with van der Waals surface area (Å²) in [5, 5.41) is 9.90. The Kier molecular flexibility index (Phi) is 4.18. The quantitative estimate of drug-likeness (QED) is 0.866. The number of hydrogen-bond acceptors (Lipinski definition) is 4. The highest BCUT2D eigenvalue weighted by Crippen LogP contribution is 2.41. The summed E-state index contributed by atoms with van der Waals surface area (Å²) in [6.07, 6.45) is -3.83. The SMILES string of the molecule is CCC(N)C(O)(c1ccc(OC)cn1)C(F)(F)F. The monoisotopic (exact) mass is 264 g/mol. The van der Waals surface area contributed by atoms with E-state index in [-0.39, 0.29) is 6.42 Å². The van der Waals surface area contributed by atoms with Crippen molar-refractivity contribution in [3.63, 3.8) is 0 Å². The Hall–Kier alpha value is -1.34. The molecule has 1 heterocycles. The molecule has 2 unspecified atom stereocenters. The zero-order chi connectivity index (χ0) is 14.0. The van der Waals surface area contributed by atoms with Gasteiger partial charge in [-0.05, 0) is 18.6 Å². The lowest BCUT2D eigenvalue weighted by Crippen LogP contribution is -2.55. The first-order chi connectivity index (χ1) is 8.27. The van der Waals surface area contributed by atoms with Crippen LogP contribution in [-0.4, -0.2) is 29.4 Å². The van der Waals surface area contributed by atoms with Crippen LogP contribution in [0.15, 0.2) is 18.3 Å². The number of ether oxygens (including phenoxy) is 1. The second-order valence-electron chi connectivity index (χ2n) is 3.86. The van der Waals surface area contributed by atoms with Crippen molar-refractivity contribution in [3.8, 4) is 5.75 Å². The number of nitrogens with zero attached hydrogens (tertiary/aromatic N) is 1. The summed E-state index contributed by atoms with van der Waals surface area (Å²) in [5.41, 5.74) is 1.70. The number of pyridine rings is 1. The van der Waals surface area contributed by atoms with Gasteiger partial charge in [0.2, 0.25) is 5.60 Å². The standard InChI is InChI=1S/C11H15F3N2O2/c1-3-8(15)10(17,11(12,13)14)9-5-4-7(18-2)6-16-9/h4-6,8,17H,3,15H2,1-2H3. The Bertz CT molecular complexity index is 394. The summed E-state index contributed by atoms with van der Waals surface area (Å²) in [6, 6.07) is 0.863. The highest BCUT2D eigenvalue weighted by molar-refractivity contribution is 5.25. The molecule has 4 nitrogen and oxygen atoms in total. The van der Waals surface area contributed by atoms with E-state index in [1.165, 1.54) is 20.1 Å². The maximum atomic E-state index is 13.0. The summed E-state index contributed by atoms with van der Waals surface area (Å²) >= 11 is 0. The zero-order valence-electron chi connectivity index (χ0n) is 10.0. The third-order valence-electron chi connectivity index (χ3n) is 2.77. The summed E-state index contributed by atoms with van der Waals surface area (Å²) in [4.78, 5) is 3.58. The number of aromatic nitrogens is 1. The summed E-state index contributed by atoms with van der Waals surface area (Å²) in [7, 11) is 1.37. The number of alkyl halides is 3. The predicted octanol–water partition coefficient (Wildman–Crippen LogP) is 1.58. The van der Waals surface area contributed by atoms with Crippen LogP contribution in [0.3, 0.4) is 0 Å². The number of aliphatic hydroxyl groups is 1. The molecule has 2 atom stereocenters. The number of methoxy groups -OCH3 is 1. The smallest absolute Gasteiger partial charge is 0.424 e. The molecule has 1 aromatic rings. The van der Waals surface area contributed by atoms with Crippen molar-refractivity contribution in [2.45, 2.75) is 31.2 Å². The molecule has 0 fully saturated rings. The van der Waals surface area contributed by atoms with Gasteiger partial charge in [-0.25, -0.2) is 0 Å². The number of hydrogen-bond donors (Lipinski definition) is 2. The highest BCUT2D eigenvalue weighted by atomic mass is 19.4. The number of rotatable bonds is 4. The Morgan fingerprint density at radius 2 is 2.06 bits per heavy atom. The average Bonchev–Trinajstić information content (AvgIpc) is 2.35. The minimum absolute atomic E-state index is 0.0380. The van der Waals surface area contributed by atoms with Crippen molar-refractivity contribution >= 4 is 0 Å². The first kappa shape index (κ1) is 14.7. The van der Waals surface area contributed by atoms with Crippen LogP contribution in [0, 0.1) is 0 Å². The van der Waals surface area contributed by atoms with E-state index in [1.54, 1.807) is 0 Å². The lowest BCUT2D eigenvalue weighted by molar-refractivity contribution is -0.276. The molecule has 0 spiro atoms. The van der Waals surface area contributed by atoms with E-state index in [4.69, 9.17) is 10.5 Å². The Morgan fingerprint density at radius 1 is 1.44 bits per heavy atom. The Balaban J connectivity index is 3.26. The minimum Gasteiger partial charge on any atom is -0.495 e. The molecule has 0 amide bonds. The minimum atomic E-state index is -4.90. The molecule has 18 heavy (non-hydrogen) atoms. The lowest BCUT2D eigenvalue weighted by atomic mass is 9.88. The van der Waals surface area contributed by atoms with Crippen LogP contribution in [0.1, 0.15) is 19.0 Å². The van der Waals surface area contributed by atoms with Crippen LogP contribution in [-0.2, 0) is 5.60 Å². The molecule has 7 heteroatoms. The van der Waals surface area contributed by atoms with E-state index in [2.05, 4.69) is 4.98 Å². The lowest BCUT2D eigenvalue weighted by Gasteiger charge is -2.34. The second kappa shape index (κ2) is 5.11. The molecular formula is C11H15F3N2O2. The third kappa shape index (κ3) is 2.41. The van der Waals surface area contributed by atoms with Gasteiger partial charge >= 0.3 is 6.18 Å². The molecule has 0 aliphatic heterocycles. The van der Waals surface area contributed by atoms with Crippen LogP contribution in [0.2, 0.25) is 0 Å². The zero-order valence-corrected chi connectivity index (χ0v) is 10.0.